The Kier molecular flexibility index (Phi) is 2.99. The minimum absolute atomic E-state index is 0.247. The summed E-state index contributed by atoms with van der Waals surface area (Å²) < 4.78 is 38.7. The lowest BCUT2D eigenvalue weighted by atomic mass is 10.2. The predicted octanol–water partition coefficient (Wildman–Crippen LogP) is 3.78. The summed E-state index contributed by atoms with van der Waals surface area (Å²) in [5.74, 6) is 0. The Morgan fingerprint density at radius 1 is 1.35 bits per heavy atom. The smallest absolute Gasteiger partial charge is 0.338 e. The molecule has 6 heteroatoms. The van der Waals surface area contributed by atoms with Crippen molar-refractivity contribution in [2.75, 3.05) is 0 Å². The number of rotatable bonds is 2. The molecule has 0 amide bonds. The highest BCUT2D eigenvalue weighted by atomic mass is 79.9. The van der Waals surface area contributed by atoms with Crippen LogP contribution in [-0.4, -0.2) is 17.0 Å². The van der Waals surface area contributed by atoms with Crippen LogP contribution in [0.5, 0.6) is 0 Å². The van der Waals surface area contributed by atoms with Crippen LogP contribution in [0.15, 0.2) is 28.9 Å². The largest absolute Gasteiger partial charge is 0.406 e. The van der Waals surface area contributed by atoms with E-state index in [1.807, 2.05) is 0 Å². The van der Waals surface area contributed by atoms with Crippen molar-refractivity contribution in [2.24, 2.45) is 0 Å². The van der Waals surface area contributed by atoms with Gasteiger partial charge in [0.05, 0.1) is 5.52 Å². The van der Waals surface area contributed by atoms with Gasteiger partial charge >= 0.3 is 6.18 Å². The second kappa shape index (κ2) is 4.18. The van der Waals surface area contributed by atoms with E-state index in [0.29, 0.717) is 21.7 Å². The molecule has 0 unspecified atom stereocenters. The number of halogens is 4. The van der Waals surface area contributed by atoms with Crippen LogP contribution in [-0.2, 0) is 6.54 Å². The summed E-state index contributed by atoms with van der Waals surface area (Å²) in [4.78, 5) is 10.8. The highest BCUT2D eigenvalue weighted by Gasteiger charge is 2.29. The first-order chi connectivity index (χ1) is 7.92. The number of nitrogens with zero attached hydrogens (tertiary/aromatic N) is 1. The van der Waals surface area contributed by atoms with Crippen LogP contribution < -0.4 is 0 Å². The molecule has 0 saturated heterocycles. The van der Waals surface area contributed by atoms with Gasteiger partial charge in [-0.1, -0.05) is 22.0 Å². The first-order valence-corrected chi connectivity index (χ1v) is 5.51. The molecule has 0 aliphatic rings. The molecule has 2 aromatic rings. The van der Waals surface area contributed by atoms with E-state index in [2.05, 4.69) is 15.9 Å². The predicted molar refractivity (Wildman–Crippen MR) is 61.1 cm³/mol. The van der Waals surface area contributed by atoms with E-state index in [9.17, 15) is 18.0 Å². The molecule has 1 aromatic carbocycles. The number of aldehydes is 1. The summed E-state index contributed by atoms with van der Waals surface area (Å²) in [6.07, 6.45) is -2.54. The van der Waals surface area contributed by atoms with E-state index in [1.54, 1.807) is 18.2 Å². The van der Waals surface area contributed by atoms with Gasteiger partial charge in [-0.3, -0.25) is 4.79 Å². The van der Waals surface area contributed by atoms with Crippen LogP contribution in [0, 0.1) is 0 Å². The van der Waals surface area contributed by atoms with E-state index in [4.69, 9.17) is 0 Å². The molecule has 17 heavy (non-hydrogen) atoms. The number of benzene rings is 1. The molecule has 1 aromatic heterocycles. The van der Waals surface area contributed by atoms with Crippen LogP contribution >= 0.6 is 15.9 Å². The average Bonchev–Trinajstić information content (AvgIpc) is 2.56. The van der Waals surface area contributed by atoms with Crippen molar-refractivity contribution in [3.63, 3.8) is 0 Å². The van der Waals surface area contributed by atoms with Crippen LogP contribution in [0.2, 0.25) is 0 Å². The second-order valence-corrected chi connectivity index (χ2v) is 4.43. The average molecular weight is 306 g/mol. The van der Waals surface area contributed by atoms with E-state index in [1.165, 1.54) is 6.20 Å². The van der Waals surface area contributed by atoms with Gasteiger partial charge in [-0.15, -0.1) is 0 Å². The zero-order chi connectivity index (χ0) is 12.6. The normalized spacial score (nSPS) is 12.0. The van der Waals surface area contributed by atoms with Crippen molar-refractivity contribution in [1.82, 2.24) is 4.57 Å². The number of hydrogen-bond acceptors (Lipinski definition) is 1. The van der Waals surface area contributed by atoms with Crippen molar-refractivity contribution in [3.8, 4) is 0 Å². The zero-order valence-corrected chi connectivity index (χ0v) is 10.0. The fraction of sp³-hybridized carbons (Fsp3) is 0.182. The molecule has 2 rings (SSSR count). The maximum Gasteiger partial charge on any atom is 0.406 e. The number of carbonyl (C=O) groups is 1. The monoisotopic (exact) mass is 305 g/mol. The number of fused-ring (bicyclic) bond motifs is 1. The van der Waals surface area contributed by atoms with Gasteiger partial charge in [-0.05, 0) is 12.1 Å². The summed E-state index contributed by atoms with van der Waals surface area (Å²) in [7, 11) is 0. The Hall–Kier alpha value is -1.30. The van der Waals surface area contributed by atoms with Crippen LogP contribution in [0.1, 0.15) is 10.4 Å². The van der Waals surface area contributed by atoms with E-state index in [0.717, 1.165) is 4.57 Å². The third kappa shape index (κ3) is 2.36. The van der Waals surface area contributed by atoms with Crippen LogP contribution in [0.3, 0.4) is 0 Å². The SMILES string of the molecule is O=Cc1cn(CC(F)(F)F)c2cccc(Br)c12. The van der Waals surface area contributed by atoms with Gasteiger partial charge in [-0.25, -0.2) is 0 Å². The number of alkyl halides is 3. The van der Waals surface area contributed by atoms with Crippen molar-refractivity contribution in [3.05, 3.63) is 34.4 Å². The molecule has 0 aliphatic heterocycles. The van der Waals surface area contributed by atoms with Crippen molar-refractivity contribution in [1.29, 1.82) is 0 Å². The molecule has 0 spiro atoms. The lowest BCUT2D eigenvalue weighted by molar-refractivity contribution is -0.139. The minimum atomic E-state index is -4.31. The molecular weight excluding hydrogens is 299 g/mol. The van der Waals surface area contributed by atoms with E-state index in [-0.39, 0.29) is 5.56 Å². The molecule has 90 valence electrons. The van der Waals surface area contributed by atoms with Gasteiger partial charge < -0.3 is 4.57 Å². The number of aromatic nitrogens is 1. The van der Waals surface area contributed by atoms with E-state index >= 15 is 0 Å². The molecule has 1 heterocycles. The Bertz CT molecular complexity index is 574. The molecular formula is C11H7BrF3NO. The summed E-state index contributed by atoms with van der Waals surface area (Å²) in [5, 5.41) is 0.506. The highest BCUT2D eigenvalue weighted by molar-refractivity contribution is 9.10. The Morgan fingerprint density at radius 3 is 2.65 bits per heavy atom. The van der Waals surface area contributed by atoms with Crippen molar-refractivity contribution >= 4 is 33.1 Å². The standard InChI is InChI=1S/C11H7BrF3NO/c12-8-2-1-3-9-10(8)7(5-17)4-16(9)6-11(13,14)15/h1-5H,6H2. The minimum Gasteiger partial charge on any atom is -0.338 e. The molecule has 0 saturated carbocycles. The summed E-state index contributed by atoms with van der Waals surface area (Å²) in [6, 6.07) is 4.87. The highest BCUT2D eigenvalue weighted by Crippen LogP contribution is 2.30. The lowest BCUT2D eigenvalue weighted by Crippen LogP contribution is -2.16. The van der Waals surface area contributed by atoms with Gasteiger partial charge in [0.15, 0.2) is 6.29 Å². The molecule has 0 fully saturated rings. The first-order valence-electron chi connectivity index (χ1n) is 4.71. The fourth-order valence-electron chi connectivity index (χ4n) is 1.75. The van der Waals surface area contributed by atoms with Crippen LogP contribution in [0.4, 0.5) is 13.2 Å². The Balaban J connectivity index is 2.66. The topological polar surface area (TPSA) is 22.0 Å². The maximum absolute atomic E-state index is 12.4. The summed E-state index contributed by atoms with van der Waals surface area (Å²) >= 11 is 3.23. The number of hydrogen-bond donors (Lipinski definition) is 0. The zero-order valence-electron chi connectivity index (χ0n) is 8.46. The molecule has 2 nitrogen and oxygen atoms in total. The Labute approximate surface area is 103 Å². The molecule has 0 bridgehead atoms. The summed E-state index contributed by atoms with van der Waals surface area (Å²) in [5.41, 5.74) is 0.635. The second-order valence-electron chi connectivity index (χ2n) is 3.58. The maximum atomic E-state index is 12.4. The quantitative estimate of drug-likeness (QED) is 0.774. The van der Waals surface area contributed by atoms with Crippen molar-refractivity contribution < 1.29 is 18.0 Å². The molecule has 0 aliphatic carbocycles. The molecule has 0 atom stereocenters. The fourth-order valence-corrected chi connectivity index (χ4v) is 2.34. The molecule has 0 N–H and O–H groups in total. The third-order valence-electron chi connectivity index (χ3n) is 2.36. The Morgan fingerprint density at radius 2 is 2.06 bits per heavy atom. The first kappa shape index (κ1) is 12.2. The van der Waals surface area contributed by atoms with E-state index < -0.39 is 12.7 Å². The van der Waals surface area contributed by atoms with Gasteiger partial charge in [0.1, 0.15) is 6.54 Å². The lowest BCUT2D eigenvalue weighted by Gasteiger charge is -2.08. The van der Waals surface area contributed by atoms with Gasteiger partial charge in [0.25, 0.3) is 0 Å². The molecule has 0 radical (unpaired) electrons. The number of carbonyl (C=O) groups excluding carboxylic acids is 1. The third-order valence-corrected chi connectivity index (χ3v) is 3.02. The van der Waals surface area contributed by atoms with Gasteiger partial charge in [0.2, 0.25) is 0 Å². The van der Waals surface area contributed by atoms with Gasteiger partial charge in [-0.2, -0.15) is 13.2 Å². The van der Waals surface area contributed by atoms with Gasteiger partial charge in [0, 0.05) is 21.6 Å². The van der Waals surface area contributed by atoms with Crippen LogP contribution in [0.25, 0.3) is 10.9 Å². The van der Waals surface area contributed by atoms with Crippen molar-refractivity contribution in [2.45, 2.75) is 12.7 Å². The summed E-state index contributed by atoms with van der Waals surface area (Å²) in [6.45, 7) is -1.10.